The lowest BCUT2D eigenvalue weighted by molar-refractivity contribution is 0.279. The summed E-state index contributed by atoms with van der Waals surface area (Å²) < 4.78 is 5.21. The van der Waals surface area contributed by atoms with E-state index in [9.17, 15) is 5.11 Å². The number of aliphatic hydroxyl groups excluding tert-OH is 1. The SMILES string of the molecule is COc1cccc(Sc2ccc(C)cc2CO)c1. The van der Waals surface area contributed by atoms with E-state index in [4.69, 9.17) is 4.74 Å². The fourth-order valence-corrected chi connectivity index (χ4v) is 2.69. The van der Waals surface area contributed by atoms with Crippen LogP contribution in [0, 0.1) is 6.92 Å². The van der Waals surface area contributed by atoms with Gasteiger partial charge in [-0.3, -0.25) is 0 Å². The Hall–Kier alpha value is -1.45. The third kappa shape index (κ3) is 3.06. The predicted octanol–water partition coefficient (Wildman–Crippen LogP) is 3.65. The second-order valence-corrected chi connectivity index (χ2v) is 5.17. The molecular formula is C15H16O2S. The van der Waals surface area contributed by atoms with Crippen molar-refractivity contribution in [2.75, 3.05) is 7.11 Å². The molecule has 1 N–H and O–H groups in total. The molecule has 0 unspecified atom stereocenters. The van der Waals surface area contributed by atoms with Gasteiger partial charge in [0.15, 0.2) is 0 Å². The molecule has 2 aromatic rings. The van der Waals surface area contributed by atoms with Crippen molar-refractivity contribution in [3.05, 3.63) is 53.6 Å². The smallest absolute Gasteiger partial charge is 0.119 e. The molecule has 0 fully saturated rings. The van der Waals surface area contributed by atoms with E-state index in [1.54, 1.807) is 18.9 Å². The molecule has 3 heteroatoms. The van der Waals surface area contributed by atoms with Crippen molar-refractivity contribution in [1.82, 2.24) is 0 Å². The minimum absolute atomic E-state index is 0.0635. The summed E-state index contributed by atoms with van der Waals surface area (Å²) in [6, 6.07) is 14.0. The maximum Gasteiger partial charge on any atom is 0.119 e. The van der Waals surface area contributed by atoms with Crippen LogP contribution in [0.4, 0.5) is 0 Å². The van der Waals surface area contributed by atoms with Gasteiger partial charge in [0.1, 0.15) is 5.75 Å². The number of benzene rings is 2. The normalized spacial score (nSPS) is 10.4. The average molecular weight is 260 g/mol. The first-order chi connectivity index (χ1) is 8.72. The van der Waals surface area contributed by atoms with Crippen LogP contribution in [0.3, 0.4) is 0 Å². The summed E-state index contributed by atoms with van der Waals surface area (Å²) in [5.41, 5.74) is 2.12. The zero-order chi connectivity index (χ0) is 13.0. The van der Waals surface area contributed by atoms with Crippen LogP contribution < -0.4 is 4.74 Å². The monoisotopic (exact) mass is 260 g/mol. The van der Waals surface area contributed by atoms with Crippen LogP contribution in [0.5, 0.6) is 5.75 Å². The van der Waals surface area contributed by atoms with Crippen LogP contribution in [-0.4, -0.2) is 12.2 Å². The van der Waals surface area contributed by atoms with Crippen molar-refractivity contribution in [2.45, 2.75) is 23.3 Å². The Morgan fingerprint density at radius 3 is 2.72 bits per heavy atom. The highest BCUT2D eigenvalue weighted by Gasteiger charge is 2.05. The van der Waals surface area contributed by atoms with E-state index in [0.29, 0.717) is 0 Å². The minimum Gasteiger partial charge on any atom is -0.497 e. The summed E-state index contributed by atoms with van der Waals surface area (Å²) in [4.78, 5) is 2.18. The second-order valence-electron chi connectivity index (χ2n) is 4.05. The van der Waals surface area contributed by atoms with Crippen LogP contribution in [0.25, 0.3) is 0 Å². The van der Waals surface area contributed by atoms with E-state index in [1.807, 2.05) is 43.3 Å². The highest BCUT2D eigenvalue weighted by molar-refractivity contribution is 7.99. The Balaban J connectivity index is 2.27. The first-order valence-electron chi connectivity index (χ1n) is 5.75. The van der Waals surface area contributed by atoms with Gasteiger partial charge in [-0.1, -0.05) is 35.5 Å². The van der Waals surface area contributed by atoms with Gasteiger partial charge in [0.25, 0.3) is 0 Å². The molecule has 0 amide bonds. The molecule has 0 aliphatic heterocycles. The summed E-state index contributed by atoms with van der Waals surface area (Å²) in [6.07, 6.45) is 0. The van der Waals surface area contributed by atoms with Gasteiger partial charge in [-0.2, -0.15) is 0 Å². The Morgan fingerprint density at radius 2 is 2.00 bits per heavy atom. The van der Waals surface area contributed by atoms with Crippen molar-refractivity contribution in [3.8, 4) is 5.75 Å². The van der Waals surface area contributed by atoms with Gasteiger partial charge in [-0.25, -0.2) is 0 Å². The molecule has 2 nitrogen and oxygen atoms in total. The molecule has 0 aliphatic carbocycles. The van der Waals surface area contributed by atoms with Crippen molar-refractivity contribution in [2.24, 2.45) is 0 Å². The summed E-state index contributed by atoms with van der Waals surface area (Å²) in [7, 11) is 1.66. The van der Waals surface area contributed by atoms with E-state index in [-0.39, 0.29) is 6.61 Å². The van der Waals surface area contributed by atoms with Gasteiger partial charge in [0, 0.05) is 9.79 Å². The molecule has 0 spiro atoms. The van der Waals surface area contributed by atoms with Crippen molar-refractivity contribution in [3.63, 3.8) is 0 Å². The fourth-order valence-electron chi connectivity index (χ4n) is 1.72. The molecule has 18 heavy (non-hydrogen) atoms. The first kappa shape index (κ1) is 13.0. The average Bonchev–Trinajstić information content (AvgIpc) is 2.41. The van der Waals surface area contributed by atoms with Crippen molar-refractivity contribution in [1.29, 1.82) is 0 Å². The standard InChI is InChI=1S/C15H16O2S/c1-11-6-7-15(12(8-11)10-16)18-14-5-3-4-13(9-14)17-2/h3-9,16H,10H2,1-2H3. The Bertz CT molecular complexity index is 538. The Kier molecular flexibility index (Phi) is 4.28. The zero-order valence-electron chi connectivity index (χ0n) is 10.5. The molecule has 0 bridgehead atoms. The van der Waals surface area contributed by atoms with E-state index < -0.39 is 0 Å². The van der Waals surface area contributed by atoms with E-state index >= 15 is 0 Å². The molecule has 0 radical (unpaired) electrons. The van der Waals surface area contributed by atoms with Crippen LogP contribution in [0.1, 0.15) is 11.1 Å². The quantitative estimate of drug-likeness (QED) is 0.910. The predicted molar refractivity (Wildman–Crippen MR) is 74.2 cm³/mol. The number of hydrogen-bond acceptors (Lipinski definition) is 3. The summed E-state index contributed by atoms with van der Waals surface area (Å²) in [5, 5.41) is 9.38. The number of aryl methyl sites for hydroxylation is 1. The lowest BCUT2D eigenvalue weighted by Gasteiger charge is -2.09. The largest absolute Gasteiger partial charge is 0.497 e. The topological polar surface area (TPSA) is 29.5 Å². The van der Waals surface area contributed by atoms with E-state index in [0.717, 1.165) is 26.7 Å². The van der Waals surface area contributed by atoms with Gasteiger partial charge in [0.2, 0.25) is 0 Å². The second kappa shape index (κ2) is 5.94. The summed E-state index contributed by atoms with van der Waals surface area (Å²) >= 11 is 1.64. The molecule has 2 rings (SSSR count). The van der Waals surface area contributed by atoms with Crippen LogP contribution in [-0.2, 0) is 6.61 Å². The van der Waals surface area contributed by atoms with Gasteiger partial charge in [-0.15, -0.1) is 0 Å². The molecule has 0 heterocycles. The molecule has 0 aromatic heterocycles. The molecule has 0 atom stereocenters. The number of methoxy groups -OCH3 is 1. The van der Waals surface area contributed by atoms with Crippen LogP contribution in [0.2, 0.25) is 0 Å². The maximum atomic E-state index is 9.38. The molecule has 94 valence electrons. The van der Waals surface area contributed by atoms with Gasteiger partial charge < -0.3 is 9.84 Å². The summed E-state index contributed by atoms with van der Waals surface area (Å²) in [5.74, 6) is 0.845. The van der Waals surface area contributed by atoms with Gasteiger partial charge in [0.05, 0.1) is 13.7 Å². The third-order valence-electron chi connectivity index (χ3n) is 2.66. The first-order valence-corrected chi connectivity index (χ1v) is 6.57. The molecule has 0 saturated heterocycles. The minimum atomic E-state index is 0.0635. The lowest BCUT2D eigenvalue weighted by atomic mass is 10.1. The summed E-state index contributed by atoms with van der Waals surface area (Å²) in [6.45, 7) is 2.09. The van der Waals surface area contributed by atoms with Crippen LogP contribution in [0.15, 0.2) is 52.3 Å². The number of rotatable bonds is 4. The fraction of sp³-hybridized carbons (Fsp3) is 0.200. The highest BCUT2D eigenvalue weighted by Crippen LogP contribution is 2.32. The lowest BCUT2D eigenvalue weighted by Crippen LogP contribution is -1.89. The number of aliphatic hydroxyl groups is 1. The van der Waals surface area contributed by atoms with E-state index in [2.05, 4.69) is 6.07 Å². The van der Waals surface area contributed by atoms with Crippen molar-refractivity contribution < 1.29 is 9.84 Å². The van der Waals surface area contributed by atoms with Gasteiger partial charge >= 0.3 is 0 Å². The maximum absolute atomic E-state index is 9.38. The number of ether oxygens (including phenoxy) is 1. The molecule has 2 aromatic carbocycles. The van der Waals surface area contributed by atoms with Gasteiger partial charge in [-0.05, 0) is 36.8 Å². The Labute approximate surface area is 112 Å². The molecule has 0 aliphatic rings. The van der Waals surface area contributed by atoms with Crippen LogP contribution >= 0.6 is 11.8 Å². The molecular weight excluding hydrogens is 244 g/mol. The third-order valence-corrected chi connectivity index (χ3v) is 3.76. The Morgan fingerprint density at radius 1 is 1.17 bits per heavy atom. The van der Waals surface area contributed by atoms with E-state index in [1.165, 1.54) is 0 Å². The molecule has 0 saturated carbocycles. The van der Waals surface area contributed by atoms with Crippen molar-refractivity contribution >= 4 is 11.8 Å². The zero-order valence-corrected chi connectivity index (χ0v) is 11.3. The number of hydrogen-bond donors (Lipinski definition) is 1. The highest BCUT2D eigenvalue weighted by atomic mass is 32.2.